The number of allylic oxidation sites excluding steroid dienone is 1. The van der Waals surface area contributed by atoms with Crippen molar-refractivity contribution in [2.45, 2.75) is 19.9 Å². The zero-order valence-corrected chi connectivity index (χ0v) is 10.6. The monoisotopic (exact) mass is 223 g/mol. The summed E-state index contributed by atoms with van der Waals surface area (Å²) in [4.78, 5) is 2.34. The predicted octanol–water partition coefficient (Wildman–Crippen LogP) is 4.08. The first-order chi connectivity index (χ1) is 8.16. The Bertz CT molecular complexity index is 610. The SMILES string of the molecule is CC1=CC(C)N(C)c2cc3ccccc3cc21. The minimum absolute atomic E-state index is 0.476. The van der Waals surface area contributed by atoms with E-state index in [1.165, 1.54) is 27.6 Å². The molecule has 0 fully saturated rings. The molecule has 1 aliphatic heterocycles. The minimum atomic E-state index is 0.476. The summed E-state index contributed by atoms with van der Waals surface area (Å²) < 4.78 is 0. The molecule has 0 saturated carbocycles. The Morgan fingerprint density at radius 3 is 2.41 bits per heavy atom. The molecule has 0 amide bonds. The lowest BCUT2D eigenvalue weighted by atomic mass is 9.94. The normalized spacial score (nSPS) is 19.1. The maximum absolute atomic E-state index is 2.34. The van der Waals surface area contributed by atoms with Gasteiger partial charge in [0.2, 0.25) is 0 Å². The highest BCUT2D eigenvalue weighted by atomic mass is 15.1. The Hall–Kier alpha value is -1.76. The number of benzene rings is 2. The molecule has 0 N–H and O–H groups in total. The predicted molar refractivity (Wildman–Crippen MR) is 75.5 cm³/mol. The zero-order valence-electron chi connectivity index (χ0n) is 10.6. The zero-order chi connectivity index (χ0) is 12.0. The van der Waals surface area contributed by atoms with Crippen molar-refractivity contribution in [3.05, 3.63) is 48.0 Å². The maximum Gasteiger partial charge on any atom is 0.0451 e. The van der Waals surface area contributed by atoms with Crippen molar-refractivity contribution in [2.24, 2.45) is 0 Å². The Balaban J connectivity index is 2.32. The number of rotatable bonds is 0. The first kappa shape index (κ1) is 10.4. The Labute approximate surface area is 102 Å². The van der Waals surface area contributed by atoms with Crippen molar-refractivity contribution in [1.29, 1.82) is 0 Å². The van der Waals surface area contributed by atoms with Crippen LogP contribution in [0.2, 0.25) is 0 Å². The molecule has 2 aromatic carbocycles. The van der Waals surface area contributed by atoms with Crippen molar-refractivity contribution in [3.63, 3.8) is 0 Å². The van der Waals surface area contributed by atoms with E-state index in [4.69, 9.17) is 0 Å². The van der Waals surface area contributed by atoms with Gasteiger partial charge in [-0.2, -0.15) is 0 Å². The first-order valence-electron chi connectivity index (χ1n) is 6.11. The van der Waals surface area contributed by atoms with Gasteiger partial charge in [0.1, 0.15) is 0 Å². The van der Waals surface area contributed by atoms with Crippen LogP contribution >= 0.6 is 0 Å². The molecule has 1 aliphatic rings. The van der Waals surface area contributed by atoms with Crippen molar-refractivity contribution >= 4 is 22.0 Å². The van der Waals surface area contributed by atoms with Gasteiger partial charge in [-0.15, -0.1) is 0 Å². The van der Waals surface area contributed by atoms with Crippen LogP contribution in [0.25, 0.3) is 16.3 Å². The van der Waals surface area contributed by atoms with E-state index in [2.05, 4.69) is 68.3 Å². The molecule has 0 radical (unpaired) electrons. The third-order valence-corrected chi connectivity index (χ3v) is 3.77. The quantitative estimate of drug-likeness (QED) is 0.650. The third kappa shape index (κ3) is 1.54. The highest BCUT2D eigenvalue weighted by Gasteiger charge is 2.19. The molecule has 0 bridgehead atoms. The molecule has 3 rings (SSSR count). The van der Waals surface area contributed by atoms with E-state index in [1.54, 1.807) is 0 Å². The lowest BCUT2D eigenvalue weighted by molar-refractivity contribution is 0.814. The number of hydrogen-bond acceptors (Lipinski definition) is 1. The standard InChI is InChI=1S/C16H17N/c1-11-8-12(2)17(3)16-10-14-7-5-4-6-13(14)9-15(11)16/h4-10,12H,1-3H3. The molecule has 2 aromatic rings. The second-order valence-corrected chi connectivity index (χ2v) is 4.92. The van der Waals surface area contributed by atoms with Crippen LogP contribution in [0, 0.1) is 0 Å². The van der Waals surface area contributed by atoms with E-state index in [0.29, 0.717) is 6.04 Å². The van der Waals surface area contributed by atoms with E-state index in [9.17, 15) is 0 Å². The summed E-state index contributed by atoms with van der Waals surface area (Å²) in [5.74, 6) is 0. The van der Waals surface area contributed by atoms with Crippen molar-refractivity contribution in [1.82, 2.24) is 0 Å². The average molecular weight is 223 g/mol. The molecule has 86 valence electrons. The highest BCUT2D eigenvalue weighted by molar-refractivity contribution is 5.93. The van der Waals surface area contributed by atoms with Crippen LogP contribution in [-0.2, 0) is 0 Å². The van der Waals surface area contributed by atoms with Gasteiger partial charge in [0.05, 0.1) is 0 Å². The summed E-state index contributed by atoms with van der Waals surface area (Å²) in [5, 5.41) is 2.64. The van der Waals surface area contributed by atoms with Gasteiger partial charge in [-0.25, -0.2) is 0 Å². The summed E-state index contributed by atoms with van der Waals surface area (Å²) in [5.41, 5.74) is 4.09. The summed E-state index contributed by atoms with van der Waals surface area (Å²) in [6.07, 6.45) is 2.33. The molecule has 1 heteroatoms. The molecule has 1 atom stereocenters. The number of nitrogens with zero attached hydrogens (tertiary/aromatic N) is 1. The lowest BCUT2D eigenvalue weighted by Gasteiger charge is -2.32. The third-order valence-electron chi connectivity index (χ3n) is 3.77. The van der Waals surface area contributed by atoms with Gasteiger partial charge < -0.3 is 4.90 Å². The summed E-state index contributed by atoms with van der Waals surface area (Å²) >= 11 is 0. The fraction of sp³-hybridized carbons (Fsp3) is 0.250. The molecule has 0 aromatic heterocycles. The van der Waals surface area contributed by atoms with Crippen molar-refractivity contribution in [3.8, 4) is 0 Å². The van der Waals surface area contributed by atoms with Crippen LogP contribution in [0.4, 0.5) is 5.69 Å². The Kier molecular flexibility index (Phi) is 2.22. The molecular weight excluding hydrogens is 206 g/mol. The summed E-state index contributed by atoms with van der Waals surface area (Å²) in [6.45, 7) is 4.44. The Morgan fingerprint density at radius 1 is 1.06 bits per heavy atom. The van der Waals surface area contributed by atoms with Crippen LogP contribution in [0.15, 0.2) is 42.5 Å². The average Bonchev–Trinajstić information content (AvgIpc) is 2.34. The lowest BCUT2D eigenvalue weighted by Crippen LogP contribution is -2.30. The largest absolute Gasteiger partial charge is 0.368 e. The van der Waals surface area contributed by atoms with Crippen LogP contribution in [-0.4, -0.2) is 13.1 Å². The second kappa shape index (κ2) is 3.63. The molecule has 0 aliphatic carbocycles. The van der Waals surface area contributed by atoms with Crippen molar-refractivity contribution < 1.29 is 0 Å². The molecule has 1 unspecified atom stereocenters. The van der Waals surface area contributed by atoms with Gasteiger partial charge >= 0.3 is 0 Å². The van der Waals surface area contributed by atoms with Gasteiger partial charge in [0, 0.05) is 24.3 Å². The molecule has 1 nitrogen and oxygen atoms in total. The van der Waals surface area contributed by atoms with Gasteiger partial charge in [0.15, 0.2) is 0 Å². The molecule has 0 spiro atoms. The van der Waals surface area contributed by atoms with E-state index in [1.807, 2.05) is 0 Å². The molecule has 1 heterocycles. The van der Waals surface area contributed by atoms with Crippen LogP contribution in [0.1, 0.15) is 19.4 Å². The fourth-order valence-electron chi connectivity index (χ4n) is 2.62. The maximum atomic E-state index is 2.34. The topological polar surface area (TPSA) is 3.24 Å². The van der Waals surface area contributed by atoms with E-state index >= 15 is 0 Å². The van der Waals surface area contributed by atoms with Gasteiger partial charge in [-0.3, -0.25) is 0 Å². The summed E-state index contributed by atoms with van der Waals surface area (Å²) in [7, 11) is 2.17. The van der Waals surface area contributed by atoms with E-state index in [-0.39, 0.29) is 0 Å². The second-order valence-electron chi connectivity index (χ2n) is 4.92. The van der Waals surface area contributed by atoms with Crippen LogP contribution in [0.5, 0.6) is 0 Å². The Morgan fingerprint density at radius 2 is 1.71 bits per heavy atom. The number of hydrogen-bond donors (Lipinski definition) is 0. The summed E-state index contributed by atoms with van der Waals surface area (Å²) in [6, 6.07) is 13.6. The van der Waals surface area contributed by atoms with Gasteiger partial charge in [-0.1, -0.05) is 30.3 Å². The number of fused-ring (bicyclic) bond motifs is 2. The first-order valence-corrected chi connectivity index (χ1v) is 6.11. The number of likely N-dealkylation sites (N-methyl/N-ethyl adjacent to an activating group) is 1. The van der Waals surface area contributed by atoms with Crippen LogP contribution in [0.3, 0.4) is 0 Å². The highest BCUT2D eigenvalue weighted by Crippen LogP contribution is 2.36. The van der Waals surface area contributed by atoms with Gasteiger partial charge in [0.25, 0.3) is 0 Å². The minimum Gasteiger partial charge on any atom is -0.368 e. The van der Waals surface area contributed by atoms with E-state index < -0.39 is 0 Å². The van der Waals surface area contributed by atoms with E-state index in [0.717, 1.165) is 0 Å². The molecule has 17 heavy (non-hydrogen) atoms. The van der Waals surface area contributed by atoms with Crippen molar-refractivity contribution in [2.75, 3.05) is 11.9 Å². The molecule has 0 saturated heterocycles. The fourth-order valence-corrected chi connectivity index (χ4v) is 2.62. The van der Waals surface area contributed by atoms with Crippen LogP contribution < -0.4 is 4.90 Å². The number of anilines is 1. The van der Waals surface area contributed by atoms with Gasteiger partial charge in [-0.05, 0) is 42.3 Å². The molecular formula is C16H17N. The smallest absolute Gasteiger partial charge is 0.0451 e.